The highest BCUT2D eigenvalue weighted by Gasteiger charge is 2.11. The van der Waals surface area contributed by atoms with Gasteiger partial charge in [-0.25, -0.2) is 0 Å². The molecule has 0 heterocycles. The third kappa shape index (κ3) is 6.86. The van der Waals surface area contributed by atoms with Gasteiger partial charge >= 0.3 is 5.97 Å². The summed E-state index contributed by atoms with van der Waals surface area (Å²) in [5.41, 5.74) is 5.13. The lowest BCUT2D eigenvalue weighted by Crippen LogP contribution is -2.15. The lowest BCUT2D eigenvalue weighted by Gasteiger charge is -2.07. The van der Waals surface area contributed by atoms with E-state index in [4.69, 9.17) is 10.5 Å². The van der Waals surface area contributed by atoms with E-state index < -0.39 is 0 Å². The minimum atomic E-state index is -0.160. The van der Waals surface area contributed by atoms with Gasteiger partial charge in [-0.1, -0.05) is 6.92 Å². The molecule has 5 heteroatoms. The third-order valence-electron chi connectivity index (χ3n) is 1.46. The van der Waals surface area contributed by atoms with Crippen LogP contribution in [-0.2, 0) is 14.3 Å². The van der Waals surface area contributed by atoms with Crippen molar-refractivity contribution in [3.63, 3.8) is 0 Å². The van der Waals surface area contributed by atoms with Crippen LogP contribution < -0.4 is 5.73 Å². The number of thioether (sulfide) groups is 1. The summed E-state index contributed by atoms with van der Waals surface area (Å²) in [6.45, 7) is 2.74. The molecule has 0 aromatic carbocycles. The maximum absolute atomic E-state index is 10.9. The van der Waals surface area contributed by atoms with Crippen LogP contribution in [0.1, 0.15) is 6.92 Å². The molecule has 0 rings (SSSR count). The first-order chi connectivity index (χ1) is 6.22. The van der Waals surface area contributed by atoms with Crippen LogP contribution in [0.25, 0.3) is 0 Å². The summed E-state index contributed by atoms with van der Waals surface area (Å²) >= 11 is 1.66. The molecule has 0 bridgehead atoms. The highest BCUT2D eigenvalue weighted by molar-refractivity contribution is 7.99. The molecule has 0 aliphatic heterocycles. The van der Waals surface area contributed by atoms with E-state index in [-0.39, 0.29) is 18.6 Å². The molecule has 0 aromatic heterocycles. The summed E-state index contributed by atoms with van der Waals surface area (Å²) in [5, 5.41) is 0. The summed E-state index contributed by atoms with van der Waals surface area (Å²) in [7, 11) is 1.40. The predicted octanol–water partition coefficient (Wildman–Crippen LogP) is 0.461. The Labute approximate surface area is 83.1 Å². The zero-order valence-corrected chi connectivity index (χ0v) is 8.93. The second-order valence-electron chi connectivity index (χ2n) is 2.57. The topological polar surface area (TPSA) is 61.5 Å². The first-order valence-electron chi connectivity index (χ1n) is 4.15. The lowest BCUT2D eigenvalue weighted by molar-refractivity contribution is -0.143. The van der Waals surface area contributed by atoms with Gasteiger partial charge in [0.2, 0.25) is 0 Å². The molecule has 0 saturated carbocycles. The van der Waals surface area contributed by atoms with Gasteiger partial charge in [0.25, 0.3) is 0 Å². The van der Waals surface area contributed by atoms with Crippen LogP contribution in [0.15, 0.2) is 0 Å². The molecule has 0 amide bonds. The largest absolute Gasteiger partial charge is 0.469 e. The van der Waals surface area contributed by atoms with Gasteiger partial charge in [-0.2, -0.15) is 11.8 Å². The number of esters is 1. The van der Waals surface area contributed by atoms with Crippen LogP contribution in [0.2, 0.25) is 0 Å². The van der Waals surface area contributed by atoms with Crippen molar-refractivity contribution in [2.24, 2.45) is 11.7 Å². The predicted molar refractivity (Wildman–Crippen MR) is 53.5 cm³/mol. The lowest BCUT2D eigenvalue weighted by atomic mass is 10.2. The standard InChI is InChI=1S/C8H17NO3S/c1-7(8(10)11-2)5-13-4-3-12-6-9/h7H,3-6,9H2,1-2H3. The highest BCUT2D eigenvalue weighted by atomic mass is 32.2. The fourth-order valence-electron chi connectivity index (χ4n) is 0.731. The third-order valence-corrected chi connectivity index (χ3v) is 2.65. The maximum Gasteiger partial charge on any atom is 0.309 e. The van der Waals surface area contributed by atoms with E-state index in [0.29, 0.717) is 6.61 Å². The maximum atomic E-state index is 10.9. The molecule has 0 saturated heterocycles. The second-order valence-corrected chi connectivity index (χ2v) is 3.72. The molecular weight excluding hydrogens is 190 g/mol. The molecule has 1 unspecified atom stereocenters. The van der Waals surface area contributed by atoms with Gasteiger partial charge < -0.3 is 15.2 Å². The Kier molecular flexibility index (Phi) is 8.18. The fourth-order valence-corrected chi connectivity index (χ4v) is 1.62. The van der Waals surface area contributed by atoms with Crippen molar-refractivity contribution < 1.29 is 14.3 Å². The summed E-state index contributed by atoms with van der Waals surface area (Å²) in [6, 6.07) is 0. The van der Waals surface area contributed by atoms with E-state index in [2.05, 4.69) is 4.74 Å². The monoisotopic (exact) mass is 207 g/mol. The number of carbonyl (C=O) groups excluding carboxylic acids is 1. The van der Waals surface area contributed by atoms with Crippen molar-refractivity contribution >= 4 is 17.7 Å². The zero-order chi connectivity index (χ0) is 10.1. The van der Waals surface area contributed by atoms with Crippen LogP contribution >= 0.6 is 11.8 Å². The quantitative estimate of drug-likeness (QED) is 0.373. The number of carbonyl (C=O) groups is 1. The van der Waals surface area contributed by atoms with Crippen molar-refractivity contribution in [3.8, 4) is 0 Å². The summed E-state index contributed by atoms with van der Waals surface area (Å²) in [5.74, 6) is 1.42. The van der Waals surface area contributed by atoms with Crippen LogP contribution in [0.3, 0.4) is 0 Å². The van der Waals surface area contributed by atoms with Crippen LogP contribution in [-0.4, -0.2) is 37.9 Å². The molecular formula is C8H17NO3S. The Hall–Kier alpha value is -0.260. The molecule has 78 valence electrons. The molecule has 0 aromatic rings. The van der Waals surface area contributed by atoms with Gasteiger partial charge in [-0.15, -0.1) is 0 Å². The SMILES string of the molecule is COC(=O)C(C)CSCCOCN. The summed E-state index contributed by atoms with van der Waals surface area (Å²) in [6.07, 6.45) is 0. The molecule has 0 radical (unpaired) electrons. The number of rotatable bonds is 7. The normalized spacial score (nSPS) is 12.5. The highest BCUT2D eigenvalue weighted by Crippen LogP contribution is 2.09. The van der Waals surface area contributed by atoms with Crippen LogP contribution in [0, 0.1) is 5.92 Å². The van der Waals surface area contributed by atoms with Crippen LogP contribution in [0.4, 0.5) is 0 Å². The second kappa shape index (κ2) is 8.34. The van der Waals surface area contributed by atoms with E-state index >= 15 is 0 Å². The number of ether oxygens (including phenoxy) is 2. The van der Waals surface area contributed by atoms with Gasteiger partial charge in [0.15, 0.2) is 0 Å². The van der Waals surface area contributed by atoms with E-state index in [1.165, 1.54) is 7.11 Å². The van der Waals surface area contributed by atoms with Gasteiger partial charge in [-0.05, 0) is 0 Å². The van der Waals surface area contributed by atoms with Gasteiger partial charge in [0, 0.05) is 11.5 Å². The van der Waals surface area contributed by atoms with Crippen molar-refractivity contribution in [1.82, 2.24) is 0 Å². The summed E-state index contributed by atoms with van der Waals surface area (Å²) in [4.78, 5) is 10.9. The van der Waals surface area contributed by atoms with Gasteiger partial charge in [0.1, 0.15) is 0 Å². The average molecular weight is 207 g/mol. The number of nitrogens with two attached hydrogens (primary N) is 1. The number of hydrogen-bond donors (Lipinski definition) is 1. The van der Waals surface area contributed by atoms with E-state index in [0.717, 1.165) is 11.5 Å². The average Bonchev–Trinajstić information content (AvgIpc) is 2.16. The van der Waals surface area contributed by atoms with E-state index in [1.807, 2.05) is 6.92 Å². The van der Waals surface area contributed by atoms with Crippen molar-refractivity contribution in [2.75, 3.05) is 32.0 Å². The molecule has 2 N–H and O–H groups in total. The molecule has 0 fully saturated rings. The Morgan fingerprint density at radius 2 is 2.31 bits per heavy atom. The Morgan fingerprint density at radius 1 is 1.62 bits per heavy atom. The first kappa shape index (κ1) is 12.7. The first-order valence-corrected chi connectivity index (χ1v) is 5.31. The molecule has 0 aliphatic carbocycles. The minimum absolute atomic E-state index is 0.0483. The Bertz CT molecular complexity index is 143. The fraction of sp³-hybridized carbons (Fsp3) is 0.875. The van der Waals surface area contributed by atoms with E-state index in [9.17, 15) is 4.79 Å². The Morgan fingerprint density at radius 3 is 2.85 bits per heavy atom. The molecule has 0 spiro atoms. The van der Waals surface area contributed by atoms with E-state index in [1.54, 1.807) is 11.8 Å². The number of hydrogen-bond acceptors (Lipinski definition) is 5. The minimum Gasteiger partial charge on any atom is -0.469 e. The number of methoxy groups -OCH3 is 1. The molecule has 1 atom stereocenters. The van der Waals surface area contributed by atoms with Crippen molar-refractivity contribution in [1.29, 1.82) is 0 Å². The van der Waals surface area contributed by atoms with Gasteiger partial charge in [0.05, 0.1) is 26.4 Å². The zero-order valence-electron chi connectivity index (χ0n) is 8.12. The molecule has 13 heavy (non-hydrogen) atoms. The van der Waals surface area contributed by atoms with Crippen LogP contribution in [0.5, 0.6) is 0 Å². The smallest absolute Gasteiger partial charge is 0.309 e. The molecule has 4 nitrogen and oxygen atoms in total. The van der Waals surface area contributed by atoms with Gasteiger partial charge in [-0.3, -0.25) is 4.79 Å². The summed E-state index contributed by atoms with van der Waals surface area (Å²) < 4.78 is 9.53. The van der Waals surface area contributed by atoms with Crippen molar-refractivity contribution in [3.05, 3.63) is 0 Å². The Balaban J connectivity index is 3.26. The molecule has 0 aliphatic rings. The van der Waals surface area contributed by atoms with Crippen molar-refractivity contribution in [2.45, 2.75) is 6.92 Å².